The lowest BCUT2D eigenvalue weighted by Gasteiger charge is -2.12. The van der Waals surface area contributed by atoms with E-state index in [-0.39, 0.29) is 32.9 Å². The second kappa shape index (κ2) is 7.46. The maximum Gasteiger partial charge on any atom is 0.418 e. The fourth-order valence-electron chi connectivity index (χ4n) is 2.83. The maximum absolute atomic E-state index is 13.2. The predicted molar refractivity (Wildman–Crippen MR) is 113 cm³/mol. The highest BCUT2D eigenvalue weighted by Crippen LogP contribution is 2.37. The summed E-state index contributed by atoms with van der Waals surface area (Å²) in [5, 5.41) is 2.85. The Morgan fingerprint density at radius 3 is 2.32 bits per heavy atom. The van der Waals surface area contributed by atoms with Crippen LogP contribution in [0.1, 0.15) is 5.56 Å². The Balaban J connectivity index is 1.71. The lowest BCUT2D eigenvalue weighted by atomic mass is 10.2. The van der Waals surface area contributed by atoms with Gasteiger partial charge in [0.1, 0.15) is 5.52 Å². The van der Waals surface area contributed by atoms with E-state index in [0.29, 0.717) is 10.4 Å². The number of anilines is 3. The van der Waals surface area contributed by atoms with Gasteiger partial charge in [0.2, 0.25) is 0 Å². The zero-order chi connectivity index (χ0) is 22.4. The number of nitrogen functional groups attached to an aromatic ring is 1. The van der Waals surface area contributed by atoms with Crippen molar-refractivity contribution < 1.29 is 21.6 Å². The predicted octanol–water partition coefficient (Wildman–Crippen LogP) is 4.50. The Hall–Kier alpha value is -3.25. The summed E-state index contributed by atoms with van der Waals surface area (Å²) in [4.78, 5) is 13.3. The van der Waals surface area contributed by atoms with E-state index in [0.717, 1.165) is 23.7 Å². The van der Waals surface area contributed by atoms with E-state index in [9.17, 15) is 21.6 Å². The molecule has 31 heavy (non-hydrogen) atoms. The first kappa shape index (κ1) is 21.0. The topological polar surface area (TPSA) is 111 Å². The fourth-order valence-corrected chi connectivity index (χ4v) is 4.32. The Bertz CT molecular complexity index is 1380. The second-order valence-corrected chi connectivity index (χ2v) is 9.56. The summed E-state index contributed by atoms with van der Waals surface area (Å²) in [6.45, 7) is 0. The molecule has 160 valence electrons. The number of fused-ring (bicyclic) bond motifs is 1. The number of hydrogen-bond acceptors (Lipinski definition) is 8. The molecule has 0 radical (unpaired) electrons. The third-order valence-corrected chi connectivity index (χ3v) is 6.29. The number of para-hydroxylation sites is 1. The molecule has 0 aliphatic rings. The Morgan fingerprint density at radius 2 is 1.68 bits per heavy atom. The number of alkyl halides is 3. The van der Waals surface area contributed by atoms with Gasteiger partial charge in [0.25, 0.3) is 0 Å². The molecule has 3 N–H and O–H groups in total. The van der Waals surface area contributed by atoms with E-state index in [1.165, 1.54) is 30.3 Å². The van der Waals surface area contributed by atoms with Crippen LogP contribution >= 0.6 is 11.3 Å². The number of aromatic nitrogens is 3. The molecule has 0 saturated heterocycles. The van der Waals surface area contributed by atoms with Crippen molar-refractivity contribution in [2.75, 3.05) is 17.3 Å². The molecule has 0 fully saturated rings. The zero-order valence-electron chi connectivity index (χ0n) is 15.8. The van der Waals surface area contributed by atoms with Gasteiger partial charge in [-0.25, -0.2) is 23.4 Å². The lowest BCUT2D eigenvalue weighted by molar-refractivity contribution is -0.136. The molecule has 2 aromatic carbocycles. The average Bonchev–Trinajstić information content (AvgIpc) is 3.10. The Kier molecular flexibility index (Phi) is 5.06. The van der Waals surface area contributed by atoms with Gasteiger partial charge in [0.05, 0.1) is 16.1 Å². The summed E-state index contributed by atoms with van der Waals surface area (Å²) in [5.74, 6) is 0.302. The van der Waals surface area contributed by atoms with Gasteiger partial charge in [-0.2, -0.15) is 13.2 Å². The van der Waals surface area contributed by atoms with Crippen LogP contribution in [0.25, 0.3) is 21.7 Å². The zero-order valence-corrected chi connectivity index (χ0v) is 17.4. The van der Waals surface area contributed by atoms with Crippen molar-refractivity contribution in [2.45, 2.75) is 11.1 Å². The highest BCUT2D eigenvalue weighted by molar-refractivity contribution is 7.90. The number of rotatable bonds is 4. The molecule has 0 aliphatic heterocycles. The van der Waals surface area contributed by atoms with Crippen molar-refractivity contribution in [3.8, 4) is 11.4 Å². The third kappa shape index (κ3) is 4.30. The summed E-state index contributed by atoms with van der Waals surface area (Å²) in [6, 6.07) is 11.0. The van der Waals surface area contributed by atoms with E-state index in [1.54, 1.807) is 12.1 Å². The SMILES string of the molecule is CS(=O)(=O)c1ccc(-c2nc(N)c3nc(Nc4ccccc4C(F)(F)F)sc3n2)cc1. The number of halogens is 3. The van der Waals surface area contributed by atoms with Gasteiger partial charge >= 0.3 is 6.18 Å². The minimum absolute atomic E-state index is 0.0561. The molecule has 0 saturated carbocycles. The van der Waals surface area contributed by atoms with Crippen LogP contribution in [0.5, 0.6) is 0 Å². The summed E-state index contributed by atoms with van der Waals surface area (Å²) in [5.41, 5.74) is 5.82. The molecule has 0 spiro atoms. The number of nitrogens with zero attached hydrogens (tertiary/aromatic N) is 3. The molecule has 2 heterocycles. The first-order valence-electron chi connectivity index (χ1n) is 8.70. The highest BCUT2D eigenvalue weighted by atomic mass is 32.2. The molecule has 7 nitrogen and oxygen atoms in total. The maximum atomic E-state index is 13.2. The molecule has 4 aromatic rings. The summed E-state index contributed by atoms with van der Waals surface area (Å²) in [7, 11) is -3.35. The minimum atomic E-state index is -4.52. The third-order valence-electron chi connectivity index (χ3n) is 4.30. The van der Waals surface area contributed by atoms with Crippen LogP contribution in [0.2, 0.25) is 0 Å². The molecular formula is C19H14F3N5O2S2. The number of nitrogens with one attached hydrogen (secondary N) is 1. The molecule has 0 unspecified atom stereocenters. The Morgan fingerprint density at radius 1 is 1.00 bits per heavy atom. The average molecular weight is 465 g/mol. The van der Waals surface area contributed by atoms with E-state index < -0.39 is 21.6 Å². The molecule has 0 bridgehead atoms. The van der Waals surface area contributed by atoms with E-state index in [2.05, 4.69) is 20.3 Å². The number of thiazole rings is 1. The van der Waals surface area contributed by atoms with Crippen LogP contribution in [-0.4, -0.2) is 29.6 Å². The van der Waals surface area contributed by atoms with Crippen molar-refractivity contribution >= 4 is 48.2 Å². The largest absolute Gasteiger partial charge is 0.418 e. The summed E-state index contributed by atoms with van der Waals surface area (Å²) >= 11 is 1.03. The Labute approximate surface area is 178 Å². The van der Waals surface area contributed by atoms with Crippen molar-refractivity contribution in [2.24, 2.45) is 0 Å². The quantitative estimate of drug-likeness (QED) is 0.456. The lowest BCUT2D eigenvalue weighted by Crippen LogP contribution is -2.08. The van der Waals surface area contributed by atoms with Crippen molar-refractivity contribution in [1.29, 1.82) is 0 Å². The van der Waals surface area contributed by atoms with Gasteiger partial charge in [0.15, 0.2) is 31.4 Å². The first-order valence-corrected chi connectivity index (χ1v) is 11.4. The van der Waals surface area contributed by atoms with Gasteiger partial charge < -0.3 is 11.1 Å². The van der Waals surface area contributed by atoms with E-state index in [1.807, 2.05) is 0 Å². The van der Waals surface area contributed by atoms with Gasteiger partial charge in [-0.05, 0) is 36.4 Å². The molecule has 2 aromatic heterocycles. The van der Waals surface area contributed by atoms with Gasteiger partial charge in [-0.3, -0.25) is 0 Å². The molecule has 0 amide bonds. The molecule has 12 heteroatoms. The first-order chi connectivity index (χ1) is 14.5. The van der Waals surface area contributed by atoms with Gasteiger partial charge in [-0.15, -0.1) is 0 Å². The molecule has 0 aliphatic carbocycles. The second-order valence-electron chi connectivity index (χ2n) is 6.57. The van der Waals surface area contributed by atoms with Crippen LogP contribution in [0.4, 0.5) is 29.8 Å². The van der Waals surface area contributed by atoms with Crippen LogP contribution in [0.3, 0.4) is 0 Å². The molecule has 0 atom stereocenters. The number of hydrogen-bond donors (Lipinski definition) is 2. The fraction of sp³-hybridized carbons (Fsp3) is 0.105. The normalized spacial score (nSPS) is 12.3. The minimum Gasteiger partial charge on any atom is -0.382 e. The smallest absolute Gasteiger partial charge is 0.382 e. The van der Waals surface area contributed by atoms with Crippen molar-refractivity contribution in [1.82, 2.24) is 15.0 Å². The van der Waals surface area contributed by atoms with Gasteiger partial charge in [-0.1, -0.05) is 23.5 Å². The highest BCUT2D eigenvalue weighted by Gasteiger charge is 2.33. The number of benzene rings is 2. The van der Waals surface area contributed by atoms with Crippen molar-refractivity contribution in [3.05, 3.63) is 54.1 Å². The van der Waals surface area contributed by atoms with Crippen LogP contribution in [0, 0.1) is 0 Å². The number of nitrogens with two attached hydrogens (primary N) is 1. The molecular weight excluding hydrogens is 451 g/mol. The number of sulfone groups is 1. The van der Waals surface area contributed by atoms with Crippen LogP contribution in [-0.2, 0) is 16.0 Å². The summed E-state index contributed by atoms with van der Waals surface area (Å²) < 4.78 is 62.9. The van der Waals surface area contributed by atoms with E-state index >= 15 is 0 Å². The van der Waals surface area contributed by atoms with Crippen LogP contribution < -0.4 is 11.1 Å². The van der Waals surface area contributed by atoms with Gasteiger partial charge in [0, 0.05) is 11.8 Å². The van der Waals surface area contributed by atoms with Crippen LogP contribution in [0.15, 0.2) is 53.4 Å². The monoisotopic (exact) mass is 465 g/mol. The van der Waals surface area contributed by atoms with E-state index in [4.69, 9.17) is 5.73 Å². The molecule has 4 rings (SSSR count). The summed E-state index contributed by atoms with van der Waals surface area (Å²) in [6.07, 6.45) is -3.42. The van der Waals surface area contributed by atoms with Crippen molar-refractivity contribution in [3.63, 3.8) is 0 Å². The standard InChI is InChI=1S/C19H14F3N5O2S2/c1-31(28,29)11-8-6-10(7-9-11)16-26-15(23)14-17(27-16)30-18(25-14)24-13-5-3-2-4-12(13)19(20,21)22/h2-9H,1H3,(H,24,25)(H2,23,26,27).